The first-order chi connectivity index (χ1) is 9.92. The van der Waals surface area contributed by atoms with E-state index >= 15 is 0 Å². The molecule has 2 rings (SSSR count). The van der Waals surface area contributed by atoms with Gasteiger partial charge in [-0.3, -0.25) is 4.18 Å². The molecule has 0 saturated carbocycles. The molecule has 0 spiro atoms. The maximum absolute atomic E-state index is 12.1. The molecule has 110 valence electrons. The quantitative estimate of drug-likeness (QED) is 0.775. The number of hydrogen-bond donors (Lipinski definition) is 0. The molecule has 0 unspecified atom stereocenters. The molecule has 0 aliphatic carbocycles. The molecule has 0 heterocycles. The van der Waals surface area contributed by atoms with Crippen LogP contribution in [0.15, 0.2) is 53.9 Å². The van der Waals surface area contributed by atoms with Crippen LogP contribution in [0.25, 0.3) is 6.08 Å². The van der Waals surface area contributed by atoms with Gasteiger partial charge in [-0.2, -0.15) is 8.42 Å². The van der Waals surface area contributed by atoms with E-state index in [1.165, 1.54) is 12.1 Å². The Kier molecular flexibility index (Phi) is 4.83. The molecule has 0 saturated heterocycles. The summed E-state index contributed by atoms with van der Waals surface area (Å²) in [7, 11) is -3.77. The summed E-state index contributed by atoms with van der Waals surface area (Å²) in [4.78, 5) is 0.141. The molecule has 0 aliphatic heterocycles. The summed E-state index contributed by atoms with van der Waals surface area (Å²) in [6.45, 7) is 5.47. The van der Waals surface area contributed by atoms with E-state index in [-0.39, 0.29) is 11.5 Å². The molecule has 2 aromatic rings. The monoisotopic (exact) mass is 322 g/mol. The topological polar surface area (TPSA) is 43.4 Å². The molecule has 2 aromatic carbocycles. The summed E-state index contributed by atoms with van der Waals surface area (Å²) < 4.78 is 29.2. The summed E-state index contributed by atoms with van der Waals surface area (Å²) in [6.07, 6.45) is 1.63. The van der Waals surface area contributed by atoms with Gasteiger partial charge in [0.15, 0.2) is 0 Å². The average Bonchev–Trinajstić information content (AvgIpc) is 2.46. The molecular formula is C16H15ClO3S. The molecule has 0 bridgehead atoms. The molecule has 21 heavy (non-hydrogen) atoms. The molecule has 3 nitrogen and oxygen atoms in total. The standard InChI is InChI=1S/C16H15ClO3S/c1-3-14-7-6-13(10-16(14)17)11-20-21(18,19)15-8-4-12(2)5-9-15/h3-10H,1,11H2,2H3. The Morgan fingerprint density at radius 2 is 1.86 bits per heavy atom. The molecule has 0 aliphatic rings. The lowest BCUT2D eigenvalue weighted by Gasteiger charge is -2.07. The molecular weight excluding hydrogens is 308 g/mol. The zero-order chi connectivity index (χ0) is 15.5. The first-order valence-electron chi connectivity index (χ1n) is 6.29. The highest BCUT2D eigenvalue weighted by Gasteiger charge is 2.15. The predicted octanol–water partition coefficient (Wildman–Crippen LogP) is 4.20. The third kappa shape index (κ3) is 3.94. The van der Waals surface area contributed by atoms with Crippen LogP contribution in [-0.2, 0) is 20.9 Å². The van der Waals surface area contributed by atoms with Gasteiger partial charge in [0, 0.05) is 5.02 Å². The zero-order valence-electron chi connectivity index (χ0n) is 11.5. The van der Waals surface area contributed by atoms with Gasteiger partial charge in [-0.25, -0.2) is 0 Å². The molecule has 0 N–H and O–H groups in total. The predicted molar refractivity (Wildman–Crippen MR) is 84.7 cm³/mol. The highest BCUT2D eigenvalue weighted by molar-refractivity contribution is 7.86. The Labute approximate surface area is 130 Å². The van der Waals surface area contributed by atoms with E-state index in [2.05, 4.69) is 6.58 Å². The van der Waals surface area contributed by atoms with Crippen LogP contribution < -0.4 is 0 Å². The Bertz CT molecular complexity index is 750. The molecule has 5 heteroatoms. The van der Waals surface area contributed by atoms with Gasteiger partial charge in [0.1, 0.15) is 0 Å². The SMILES string of the molecule is C=Cc1ccc(COS(=O)(=O)c2ccc(C)cc2)cc1Cl. The number of rotatable bonds is 5. The molecule has 0 radical (unpaired) electrons. The largest absolute Gasteiger partial charge is 0.297 e. The summed E-state index contributed by atoms with van der Waals surface area (Å²) in [6, 6.07) is 11.7. The van der Waals surface area contributed by atoms with E-state index in [9.17, 15) is 8.42 Å². The Balaban J connectivity index is 2.13. The van der Waals surface area contributed by atoms with Crippen molar-refractivity contribution in [3.63, 3.8) is 0 Å². The van der Waals surface area contributed by atoms with Gasteiger partial charge in [0.25, 0.3) is 10.1 Å². The highest BCUT2D eigenvalue weighted by Crippen LogP contribution is 2.21. The number of halogens is 1. The first-order valence-corrected chi connectivity index (χ1v) is 8.08. The fourth-order valence-electron chi connectivity index (χ4n) is 1.74. The Hall–Kier alpha value is -1.62. The minimum atomic E-state index is -3.77. The second kappa shape index (κ2) is 6.43. The van der Waals surface area contributed by atoms with E-state index in [0.717, 1.165) is 11.1 Å². The summed E-state index contributed by atoms with van der Waals surface area (Å²) in [5.41, 5.74) is 2.46. The van der Waals surface area contributed by atoms with Crippen molar-refractivity contribution in [3.8, 4) is 0 Å². The molecule has 0 atom stereocenters. The van der Waals surface area contributed by atoms with Crippen molar-refractivity contribution in [2.24, 2.45) is 0 Å². The van der Waals surface area contributed by atoms with Crippen LogP contribution in [0, 0.1) is 6.92 Å². The normalized spacial score (nSPS) is 11.3. The summed E-state index contributed by atoms with van der Waals surface area (Å²) in [5.74, 6) is 0. The van der Waals surface area contributed by atoms with E-state index < -0.39 is 10.1 Å². The third-order valence-electron chi connectivity index (χ3n) is 2.98. The van der Waals surface area contributed by atoms with Crippen LogP contribution in [-0.4, -0.2) is 8.42 Å². The lowest BCUT2D eigenvalue weighted by molar-refractivity contribution is 0.308. The van der Waals surface area contributed by atoms with E-state index in [4.69, 9.17) is 15.8 Å². The minimum Gasteiger partial charge on any atom is -0.262 e. The minimum absolute atomic E-state index is 0.0622. The van der Waals surface area contributed by atoms with Crippen molar-refractivity contribution in [1.29, 1.82) is 0 Å². The first kappa shape index (κ1) is 15.8. The van der Waals surface area contributed by atoms with Gasteiger partial charge in [-0.15, -0.1) is 0 Å². The Morgan fingerprint density at radius 1 is 1.19 bits per heavy atom. The highest BCUT2D eigenvalue weighted by atomic mass is 35.5. The maximum Gasteiger partial charge on any atom is 0.297 e. The summed E-state index contributed by atoms with van der Waals surface area (Å²) >= 11 is 6.04. The fraction of sp³-hybridized carbons (Fsp3) is 0.125. The van der Waals surface area contributed by atoms with Crippen LogP contribution in [0.3, 0.4) is 0 Å². The summed E-state index contributed by atoms with van der Waals surface area (Å²) in [5, 5.41) is 0.513. The van der Waals surface area contributed by atoms with Crippen LogP contribution in [0.2, 0.25) is 5.02 Å². The molecule has 0 amide bonds. The molecule has 0 fully saturated rings. The zero-order valence-corrected chi connectivity index (χ0v) is 13.1. The van der Waals surface area contributed by atoms with Gasteiger partial charge in [0.05, 0.1) is 11.5 Å². The Morgan fingerprint density at radius 3 is 2.43 bits per heavy atom. The second-order valence-corrected chi connectivity index (χ2v) is 6.61. The lowest BCUT2D eigenvalue weighted by Crippen LogP contribution is -2.06. The van der Waals surface area contributed by atoms with Crippen molar-refractivity contribution >= 4 is 27.8 Å². The second-order valence-electron chi connectivity index (χ2n) is 4.59. The van der Waals surface area contributed by atoms with Gasteiger partial charge < -0.3 is 0 Å². The van der Waals surface area contributed by atoms with E-state index in [1.807, 2.05) is 6.92 Å². The number of hydrogen-bond acceptors (Lipinski definition) is 3. The van der Waals surface area contributed by atoms with E-state index in [1.54, 1.807) is 36.4 Å². The van der Waals surface area contributed by atoms with Crippen LogP contribution >= 0.6 is 11.6 Å². The third-order valence-corrected chi connectivity index (χ3v) is 4.58. The van der Waals surface area contributed by atoms with E-state index in [0.29, 0.717) is 10.6 Å². The van der Waals surface area contributed by atoms with Crippen LogP contribution in [0.4, 0.5) is 0 Å². The fourth-order valence-corrected chi connectivity index (χ4v) is 2.92. The van der Waals surface area contributed by atoms with Crippen molar-refractivity contribution in [1.82, 2.24) is 0 Å². The van der Waals surface area contributed by atoms with Crippen molar-refractivity contribution in [3.05, 3.63) is 70.8 Å². The maximum atomic E-state index is 12.1. The van der Waals surface area contributed by atoms with Gasteiger partial charge in [0.2, 0.25) is 0 Å². The molecule has 0 aromatic heterocycles. The smallest absolute Gasteiger partial charge is 0.262 e. The van der Waals surface area contributed by atoms with Crippen molar-refractivity contribution in [2.45, 2.75) is 18.4 Å². The van der Waals surface area contributed by atoms with Crippen LogP contribution in [0.1, 0.15) is 16.7 Å². The number of benzene rings is 2. The van der Waals surface area contributed by atoms with Gasteiger partial charge >= 0.3 is 0 Å². The average molecular weight is 323 g/mol. The van der Waals surface area contributed by atoms with Gasteiger partial charge in [-0.05, 0) is 36.2 Å². The van der Waals surface area contributed by atoms with Crippen molar-refractivity contribution in [2.75, 3.05) is 0 Å². The van der Waals surface area contributed by atoms with Crippen LogP contribution in [0.5, 0.6) is 0 Å². The van der Waals surface area contributed by atoms with Gasteiger partial charge in [-0.1, -0.05) is 54.1 Å². The number of aryl methyl sites for hydroxylation is 1. The lowest BCUT2D eigenvalue weighted by atomic mass is 10.1. The van der Waals surface area contributed by atoms with Crippen molar-refractivity contribution < 1.29 is 12.6 Å².